The van der Waals surface area contributed by atoms with Gasteiger partial charge in [-0.3, -0.25) is 0 Å². The van der Waals surface area contributed by atoms with E-state index in [1.807, 2.05) is 19.1 Å². The third-order valence-corrected chi connectivity index (χ3v) is 2.16. The average molecular weight is 208 g/mol. The number of pyridine rings is 1. The molecule has 0 spiro atoms. The first kappa shape index (κ1) is 11.8. The molecular formula is C11H20N4. The number of nitrogen functional groups attached to an aromatic ring is 1. The van der Waals surface area contributed by atoms with Crippen LogP contribution in [-0.2, 0) is 0 Å². The first-order chi connectivity index (χ1) is 6.99. The Morgan fingerprint density at radius 2 is 2.13 bits per heavy atom. The number of rotatable bonds is 4. The number of aromatic nitrogens is 1. The first-order valence-electron chi connectivity index (χ1n) is 5.13. The van der Waals surface area contributed by atoms with Gasteiger partial charge in [0.25, 0.3) is 0 Å². The molecule has 0 saturated heterocycles. The molecule has 3 N–H and O–H groups in total. The maximum Gasteiger partial charge on any atom is 0.126 e. The molecule has 0 aliphatic heterocycles. The fourth-order valence-corrected chi connectivity index (χ4v) is 1.50. The van der Waals surface area contributed by atoms with Crippen molar-refractivity contribution >= 4 is 11.5 Å². The fourth-order valence-electron chi connectivity index (χ4n) is 1.50. The molecule has 0 radical (unpaired) electrons. The molecule has 0 bridgehead atoms. The molecule has 1 aromatic rings. The molecular weight excluding hydrogens is 188 g/mol. The van der Waals surface area contributed by atoms with Gasteiger partial charge in [0.05, 0.1) is 11.4 Å². The Morgan fingerprint density at radius 1 is 1.47 bits per heavy atom. The summed E-state index contributed by atoms with van der Waals surface area (Å²) in [5.41, 5.74) is 7.31. The van der Waals surface area contributed by atoms with Crippen molar-refractivity contribution in [3.63, 3.8) is 0 Å². The molecule has 1 unspecified atom stereocenters. The lowest BCUT2D eigenvalue weighted by Crippen LogP contribution is -2.30. The number of hydrogen-bond acceptors (Lipinski definition) is 4. The Bertz CT molecular complexity index is 322. The highest BCUT2D eigenvalue weighted by Crippen LogP contribution is 2.12. The van der Waals surface area contributed by atoms with Gasteiger partial charge in [0.1, 0.15) is 5.82 Å². The van der Waals surface area contributed by atoms with Gasteiger partial charge in [-0.1, -0.05) is 0 Å². The molecule has 4 heteroatoms. The summed E-state index contributed by atoms with van der Waals surface area (Å²) in [6.45, 7) is 5.02. The minimum absolute atomic E-state index is 0.371. The first-order valence-corrected chi connectivity index (χ1v) is 5.13. The molecule has 0 aliphatic carbocycles. The van der Waals surface area contributed by atoms with Gasteiger partial charge in [-0.05, 0) is 40.1 Å². The second-order valence-electron chi connectivity index (χ2n) is 4.18. The van der Waals surface area contributed by atoms with Gasteiger partial charge in [0, 0.05) is 12.6 Å². The summed E-state index contributed by atoms with van der Waals surface area (Å²) in [7, 11) is 4.11. The summed E-state index contributed by atoms with van der Waals surface area (Å²) < 4.78 is 0. The molecule has 0 aromatic carbocycles. The van der Waals surface area contributed by atoms with Gasteiger partial charge in [-0.25, -0.2) is 4.98 Å². The van der Waals surface area contributed by atoms with Crippen molar-refractivity contribution in [1.29, 1.82) is 0 Å². The summed E-state index contributed by atoms with van der Waals surface area (Å²) in [5, 5.41) is 3.33. The Labute approximate surface area is 91.5 Å². The number of nitrogens with one attached hydrogen (secondary N) is 1. The Hall–Kier alpha value is -1.29. The minimum atomic E-state index is 0.371. The van der Waals surface area contributed by atoms with Gasteiger partial charge >= 0.3 is 0 Å². The van der Waals surface area contributed by atoms with Crippen molar-refractivity contribution in [3.8, 4) is 0 Å². The van der Waals surface area contributed by atoms with E-state index in [2.05, 4.69) is 36.2 Å². The van der Waals surface area contributed by atoms with Gasteiger partial charge in [-0.15, -0.1) is 0 Å². The third kappa shape index (κ3) is 3.75. The van der Waals surface area contributed by atoms with Gasteiger partial charge in [0.15, 0.2) is 0 Å². The molecule has 1 aromatic heterocycles. The average Bonchev–Trinajstić information content (AvgIpc) is 2.10. The summed E-state index contributed by atoms with van der Waals surface area (Å²) in [4.78, 5) is 6.51. The predicted octanol–water partition coefficient (Wildman–Crippen LogP) is 1.33. The second kappa shape index (κ2) is 4.98. The highest BCUT2D eigenvalue weighted by Gasteiger charge is 2.04. The van der Waals surface area contributed by atoms with Crippen LogP contribution in [-0.4, -0.2) is 36.6 Å². The van der Waals surface area contributed by atoms with Crippen LogP contribution in [0, 0.1) is 6.92 Å². The molecule has 4 nitrogen and oxygen atoms in total. The standard InChI is InChI=1S/C11H20N4/c1-8(7-15(3)4)13-11-6-5-10(12)9(2)14-11/h5-6,8H,7,12H2,1-4H3,(H,13,14). The van der Waals surface area contributed by atoms with E-state index in [0.717, 1.165) is 23.7 Å². The monoisotopic (exact) mass is 208 g/mol. The molecule has 1 rings (SSSR count). The van der Waals surface area contributed by atoms with E-state index >= 15 is 0 Å². The van der Waals surface area contributed by atoms with Crippen molar-refractivity contribution < 1.29 is 0 Å². The second-order valence-corrected chi connectivity index (χ2v) is 4.18. The van der Waals surface area contributed by atoms with E-state index in [1.54, 1.807) is 0 Å². The highest BCUT2D eigenvalue weighted by atomic mass is 15.1. The van der Waals surface area contributed by atoms with E-state index < -0.39 is 0 Å². The van der Waals surface area contributed by atoms with E-state index in [4.69, 9.17) is 5.73 Å². The molecule has 0 aliphatic rings. The zero-order chi connectivity index (χ0) is 11.4. The maximum atomic E-state index is 5.70. The van der Waals surface area contributed by atoms with E-state index in [9.17, 15) is 0 Å². The van der Waals surface area contributed by atoms with Crippen molar-refractivity contribution in [2.75, 3.05) is 31.7 Å². The minimum Gasteiger partial charge on any atom is -0.397 e. The van der Waals surface area contributed by atoms with Crippen LogP contribution in [0.2, 0.25) is 0 Å². The fraction of sp³-hybridized carbons (Fsp3) is 0.545. The Kier molecular flexibility index (Phi) is 3.91. The number of likely N-dealkylation sites (N-methyl/N-ethyl adjacent to an activating group) is 1. The van der Waals surface area contributed by atoms with Crippen LogP contribution in [0.25, 0.3) is 0 Å². The lowest BCUT2D eigenvalue weighted by molar-refractivity contribution is 0.392. The van der Waals surface area contributed by atoms with Crippen LogP contribution in [0.4, 0.5) is 11.5 Å². The van der Waals surface area contributed by atoms with Crippen molar-refractivity contribution in [1.82, 2.24) is 9.88 Å². The van der Waals surface area contributed by atoms with Gasteiger partial charge < -0.3 is 16.0 Å². The van der Waals surface area contributed by atoms with Crippen molar-refractivity contribution in [2.45, 2.75) is 19.9 Å². The normalized spacial score (nSPS) is 12.9. The SMILES string of the molecule is Cc1nc(NC(C)CN(C)C)ccc1N. The van der Waals surface area contributed by atoms with Crippen molar-refractivity contribution in [3.05, 3.63) is 17.8 Å². The summed E-state index contributed by atoms with van der Waals surface area (Å²) in [6.07, 6.45) is 0. The van der Waals surface area contributed by atoms with Gasteiger partial charge in [-0.2, -0.15) is 0 Å². The van der Waals surface area contributed by atoms with E-state index in [0.29, 0.717) is 6.04 Å². The zero-order valence-electron chi connectivity index (χ0n) is 9.91. The number of anilines is 2. The van der Waals surface area contributed by atoms with Crippen LogP contribution >= 0.6 is 0 Å². The summed E-state index contributed by atoms with van der Waals surface area (Å²) in [6, 6.07) is 4.16. The van der Waals surface area contributed by atoms with E-state index in [-0.39, 0.29) is 0 Å². The molecule has 0 amide bonds. The molecule has 1 atom stereocenters. The highest BCUT2D eigenvalue weighted by molar-refractivity contribution is 5.49. The summed E-state index contributed by atoms with van der Waals surface area (Å²) in [5.74, 6) is 0.885. The van der Waals surface area contributed by atoms with Crippen LogP contribution < -0.4 is 11.1 Å². The van der Waals surface area contributed by atoms with Crippen LogP contribution in [0.5, 0.6) is 0 Å². The number of nitrogens with two attached hydrogens (primary N) is 1. The van der Waals surface area contributed by atoms with Crippen molar-refractivity contribution in [2.24, 2.45) is 0 Å². The topological polar surface area (TPSA) is 54.2 Å². The Balaban J connectivity index is 2.60. The third-order valence-electron chi connectivity index (χ3n) is 2.16. The maximum absolute atomic E-state index is 5.70. The van der Waals surface area contributed by atoms with Gasteiger partial charge in [0.2, 0.25) is 0 Å². The largest absolute Gasteiger partial charge is 0.397 e. The molecule has 1 heterocycles. The molecule has 84 valence electrons. The molecule has 15 heavy (non-hydrogen) atoms. The molecule has 0 saturated carbocycles. The molecule has 0 fully saturated rings. The number of hydrogen-bond donors (Lipinski definition) is 2. The number of nitrogens with zero attached hydrogens (tertiary/aromatic N) is 2. The number of aryl methyl sites for hydroxylation is 1. The van der Waals surface area contributed by atoms with Crippen LogP contribution in [0.15, 0.2) is 12.1 Å². The predicted molar refractivity (Wildman–Crippen MR) is 65.0 cm³/mol. The van der Waals surface area contributed by atoms with E-state index in [1.165, 1.54) is 0 Å². The lowest BCUT2D eigenvalue weighted by atomic mass is 10.3. The zero-order valence-corrected chi connectivity index (χ0v) is 9.91. The summed E-state index contributed by atoms with van der Waals surface area (Å²) >= 11 is 0. The van der Waals surface area contributed by atoms with Crippen LogP contribution in [0.1, 0.15) is 12.6 Å². The van der Waals surface area contributed by atoms with Crippen LogP contribution in [0.3, 0.4) is 0 Å². The quantitative estimate of drug-likeness (QED) is 0.784. The smallest absolute Gasteiger partial charge is 0.126 e. The Morgan fingerprint density at radius 3 is 2.67 bits per heavy atom. The lowest BCUT2D eigenvalue weighted by Gasteiger charge is -2.19.